The molecule has 1 heterocycles. The van der Waals surface area contributed by atoms with Crippen molar-refractivity contribution >= 4 is 80.8 Å². The summed E-state index contributed by atoms with van der Waals surface area (Å²) in [6.45, 7) is 4.35. The molecule has 0 spiro atoms. The summed E-state index contributed by atoms with van der Waals surface area (Å²) in [5.41, 5.74) is 13.9. The minimum absolute atomic E-state index is 0.00187. The minimum Gasteiger partial charge on any atom is -0.508 e. The van der Waals surface area contributed by atoms with Crippen LogP contribution in [0.5, 0.6) is 5.75 Å². The van der Waals surface area contributed by atoms with E-state index in [0.717, 1.165) is 14.5 Å². The number of carbonyl (C=O) groups excluding carboxylic acids is 7. The number of carbonyl (C=O) groups is 8. The number of halogens is 1. The van der Waals surface area contributed by atoms with Gasteiger partial charge in [-0.3, -0.25) is 38.4 Å². The van der Waals surface area contributed by atoms with Crippen LogP contribution in [0.4, 0.5) is 0 Å². The Morgan fingerprint density at radius 3 is 1.80 bits per heavy atom. The summed E-state index contributed by atoms with van der Waals surface area (Å²) in [5, 5.41) is 35.3. The molecule has 0 aliphatic carbocycles. The highest BCUT2D eigenvalue weighted by Crippen LogP contribution is 2.20. The van der Waals surface area contributed by atoms with Gasteiger partial charge in [0.2, 0.25) is 41.4 Å². The molecule has 3 aromatic carbocycles. The SMILES string of the molecule is CC(C)C[C@H](NC(=O)[C@H](Cc1c[nH]c2ccccc12)NC(=O)CNC(=O)[C@H](Cc1ccc(O)cc1)NC(=O)[C@H](C)N)C(=O)N[C@@H](CC(=O)O)C(=O)N[C@@H](Cc1ccc(I)cc1)C(N)=O. The molecule has 0 unspecified atom stereocenters. The van der Waals surface area contributed by atoms with Gasteiger partial charge in [0.15, 0.2) is 0 Å². The van der Waals surface area contributed by atoms with Crippen molar-refractivity contribution in [3.05, 3.63) is 99.3 Å². The minimum atomic E-state index is -1.68. The molecule has 4 rings (SSSR count). The maximum Gasteiger partial charge on any atom is 0.305 e. The van der Waals surface area contributed by atoms with E-state index in [0.29, 0.717) is 16.7 Å². The number of phenolic OH excluding ortho intramolecular Hbond substituents is 1. The van der Waals surface area contributed by atoms with Crippen LogP contribution in [0.25, 0.3) is 10.9 Å². The number of carboxylic acid groups (broad SMARTS) is 1. The number of aromatic hydroxyl groups is 1. The van der Waals surface area contributed by atoms with E-state index in [2.05, 4.69) is 59.5 Å². The second-order valence-electron chi connectivity index (χ2n) is 15.8. The standard InChI is InChI=1S/C44H54IN9O10/c1-23(2)16-33(42(62)54-36(20-38(57)58)44(64)51-32(39(47)59)17-25-8-12-28(45)13-9-25)53-43(63)35(19-27-21-48-31-7-5-4-6-30(27)31)50-37(56)22-49-41(61)34(52-40(60)24(3)46)18-26-10-14-29(55)15-11-26/h4-15,21,23-24,32-36,48,55H,16-20,22,46H2,1-3H3,(H2,47,59)(H,49,61)(H,50,56)(H,51,64)(H,52,60)(H,53,63)(H,54,62)(H,57,58)/t24-,32-,33-,34-,35-,36-/m0/s1. The Labute approximate surface area is 382 Å². The fourth-order valence-electron chi connectivity index (χ4n) is 6.63. The highest BCUT2D eigenvalue weighted by molar-refractivity contribution is 14.1. The lowest BCUT2D eigenvalue weighted by Gasteiger charge is -2.27. The smallest absolute Gasteiger partial charge is 0.305 e. The average molecular weight is 996 g/mol. The van der Waals surface area contributed by atoms with Crippen LogP contribution in [-0.2, 0) is 57.6 Å². The molecule has 0 saturated heterocycles. The van der Waals surface area contributed by atoms with E-state index in [-0.39, 0.29) is 37.4 Å². The van der Waals surface area contributed by atoms with Gasteiger partial charge in [-0.05, 0) is 88.9 Å². The quantitative estimate of drug-likeness (QED) is 0.0452. The molecular formula is C44H54IN9O10. The molecule has 342 valence electrons. The van der Waals surface area contributed by atoms with Crippen LogP contribution in [0, 0.1) is 9.49 Å². The van der Waals surface area contributed by atoms with Gasteiger partial charge >= 0.3 is 5.97 Å². The number of hydrogen-bond acceptors (Lipinski definition) is 10. The summed E-state index contributed by atoms with van der Waals surface area (Å²) in [4.78, 5) is 108. The van der Waals surface area contributed by atoms with Gasteiger partial charge in [-0.2, -0.15) is 0 Å². The number of para-hydroxylation sites is 1. The van der Waals surface area contributed by atoms with Crippen LogP contribution in [0.3, 0.4) is 0 Å². The second kappa shape index (κ2) is 23.8. The zero-order valence-corrected chi connectivity index (χ0v) is 37.6. The number of carboxylic acids is 1. The fourth-order valence-corrected chi connectivity index (χ4v) is 6.99. The average Bonchev–Trinajstić information content (AvgIpc) is 3.65. The molecule has 64 heavy (non-hydrogen) atoms. The Hall–Kier alpha value is -6.55. The maximum absolute atomic E-state index is 14.2. The van der Waals surface area contributed by atoms with Gasteiger partial charge in [-0.15, -0.1) is 0 Å². The van der Waals surface area contributed by atoms with E-state index in [1.165, 1.54) is 19.1 Å². The van der Waals surface area contributed by atoms with Crippen molar-refractivity contribution < 1.29 is 48.6 Å². The molecular weight excluding hydrogens is 941 g/mol. The number of primary amides is 1. The summed E-state index contributed by atoms with van der Waals surface area (Å²) in [7, 11) is 0. The molecule has 19 nitrogen and oxygen atoms in total. The number of nitrogens with two attached hydrogens (primary N) is 2. The maximum atomic E-state index is 14.2. The van der Waals surface area contributed by atoms with E-state index < -0.39 is 96.5 Å². The molecule has 6 atom stereocenters. The zero-order valence-electron chi connectivity index (χ0n) is 35.5. The van der Waals surface area contributed by atoms with Gasteiger partial charge in [0.1, 0.15) is 36.0 Å². The first kappa shape index (κ1) is 50.1. The predicted octanol–water partition coefficient (Wildman–Crippen LogP) is 0.400. The van der Waals surface area contributed by atoms with Crippen molar-refractivity contribution in [2.75, 3.05) is 6.54 Å². The van der Waals surface area contributed by atoms with Crippen molar-refractivity contribution in [2.24, 2.45) is 17.4 Å². The van der Waals surface area contributed by atoms with E-state index in [1.54, 1.807) is 62.5 Å². The summed E-state index contributed by atoms with van der Waals surface area (Å²) in [6, 6.07) is 12.6. The van der Waals surface area contributed by atoms with Crippen LogP contribution in [0.1, 0.15) is 50.3 Å². The number of phenols is 1. The lowest BCUT2D eigenvalue weighted by atomic mass is 10.00. The van der Waals surface area contributed by atoms with E-state index in [9.17, 15) is 48.6 Å². The number of benzene rings is 3. The van der Waals surface area contributed by atoms with Gasteiger partial charge in [0, 0.05) is 39.9 Å². The topological polar surface area (TPSA) is 317 Å². The van der Waals surface area contributed by atoms with Crippen molar-refractivity contribution in [1.29, 1.82) is 0 Å². The molecule has 7 amide bonds. The Morgan fingerprint density at radius 2 is 1.19 bits per heavy atom. The summed E-state index contributed by atoms with van der Waals surface area (Å²) >= 11 is 2.11. The number of nitrogens with one attached hydrogen (secondary N) is 7. The lowest BCUT2D eigenvalue weighted by molar-refractivity contribution is -0.141. The van der Waals surface area contributed by atoms with Gasteiger partial charge in [-0.25, -0.2) is 0 Å². The summed E-state index contributed by atoms with van der Waals surface area (Å²) < 4.78 is 0.933. The number of fused-ring (bicyclic) bond motifs is 1. The Balaban J connectivity index is 1.53. The molecule has 0 radical (unpaired) electrons. The number of aromatic amines is 1. The third kappa shape index (κ3) is 15.7. The third-order valence-electron chi connectivity index (χ3n) is 9.96. The van der Waals surface area contributed by atoms with Crippen LogP contribution in [-0.4, -0.2) is 105 Å². The largest absolute Gasteiger partial charge is 0.508 e. The fraction of sp³-hybridized carbons (Fsp3) is 0.364. The summed E-state index contributed by atoms with van der Waals surface area (Å²) in [5.74, 6) is -7.41. The van der Waals surface area contributed by atoms with Gasteiger partial charge in [-0.1, -0.05) is 56.3 Å². The van der Waals surface area contributed by atoms with E-state index in [1.807, 2.05) is 18.2 Å². The Kier molecular flexibility index (Phi) is 18.6. The molecule has 0 aliphatic rings. The number of hydrogen-bond donors (Lipinski definition) is 11. The molecule has 1 aromatic heterocycles. The van der Waals surface area contributed by atoms with Crippen molar-refractivity contribution in [3.8, 4) is 5.75 Å². The number of aliphatic carboxylic acids is 1. The summed E-state index contributed by atoms with van der Waals surface area (Å²) in [6.07, 6.45) is 0.720. The first-order chi connectivity index (χ1) is 30.3. The van der Waals surface area contributed by atoms with Crippen molar-refractivity contribution in [2.45, 2.75) is 89.1 Å². The number of H-pyrrole nitrogens is 1. The molecule has 0 fully saturated rings. The second-order valence-corrected chi connectivity index (χ2v) is 17.0. The van der Waals surface area contributed by atoms with Gasteiger partial charge in [0.25, 0.3) is 0 Å². The van der Waals surface area contributed by atoms with Crippen molar-refractivity contribution in [1.82, 2.24) is 36.9 Å². The lowest BCUT2D eigenvalue weighted by Crippen LogP contribution is -2.59. The van der Waals surface area contributed by atoms with Gasteiger partial charge in [0.05, 0.1) is 19.0 Å². The zero-order chi connectivity index (χ0) is 47.1. The predicted molar refractivity (Wildman–Crippen MR) is 244 cm³/mol. The van der Waals surface area contributed by atoms with E-state index in [4.69, 9.17) is 11.5 Å². The normalized spacial score (nSPS) is 13.9. The number of rotatable bonds is 23. The Morgan fingerprint density at radius 1 is 0.656 bits per heavy atom. The van der Waals surface area contributed by atoms with Crippen LogP contribution in [0.2, 0.25) is 0 Å². The molecule has 13 N–H and O–H groups in total. The molecule has 20 heteroatoms. The highest BCUT2D eigenvalue weighted by atomic mass is 127. The van der Waals surface area contributed by atoms with Crippen LogP contribution < -0.4 is 43.4 Å². The molecule has 0 saturated carbocycles. The van der Waals surface area contributed by atoms with Crippen LogP contribution in [0.15, 0.2) is 79.0 Å². The number of aromatic nitrogens is 1. The molecule has 4 aromatic rings. The molecule has 0 aliphatic heterocycles. The number of amides is 7. The Bertz CT molecular complexity index is 2300. The van der Waals surface area contributed by atoms with Gasteiger partial charge < -0.3 is 58.6 Å². The first-order valence-electron chi connectivity index (χ1n) is 20.4. The highest BCUT2D eigenvalue weighted by Gasteiger charge is 2.33. The van der Waals surface area contributed by atoms with E-state index >= 15 is 0 Å². The van der Waals surface area contributed by atoms with Crippen molar-refractivity contribution in [3.63, 3.8) is 0 Å². The monoisotopic (exact) mass is 995 g/mol. The van der Waals surface area contributed by atoms with Crippen LogP contribution >= 0.6 is 22.6 Å². The third-order valence-corrected chi connectivity index (χ3v) is 10.7. The molecule has 0 bridgehead atoms. The first-order valence-corrected chi connectivity index (χ1v) is 21.5.